The largest absolute Gasteiger partial charge is 0.497 e. The molecule has 0 saturated carbocycles. The van der Waals surface area contributed by atoms with Gasteiger partial charge in [-0.25, -0.2) is 4.52 Å². The Morgan fingerprint density at radius 3 is 2.52 bits per heavy atom. The Morgan fingerprint density at radius 1 is 1.12 bits per heavy atom. The van der Waals surface area contributed by atoms with Gasteiger partial charge in [0.2, 0.25) is 5.91 Å². The molecular weight excluding hydrogens is 461 g/mol. The van der Waals surface area contributed by atoms with Crippen molar-refractivity contribution in [1.82, 2.24) is 14.2 Å². The van der Waals surface area contributed by atoms with Gasteiger partial charge in [0.25, 0.3) is 5.56 Å². The van der Waals surface area contributed by atoms with E-state index in [2.05, 4.69) is 10.4 Å². The molecule has 0 saturated heterocycles. The molecule has 0 spiro atoms. The molecule has 0 bridgehead atoms. The van der Waals surface area contributed by atoms with E-state index in [1.54, 1.807) is 37.4 Å². The molecule has 2 heterocycles. The van der Waals surface area contributed by atoms with Gasteiger partial charge in [0.15, 0.2) is 0 Å². The number of nitrogens with zero attached hydrogens (tertiary/aromatic N) is 3. The summed E-state index contributed by atoms with van der Waals surface area (Å²) in [5, 5.41) is 6.64. The molecule has 0 radical (unpaired) electrons. The average molecular weight is 477 g/mol. The van der Waals surface area contributed by atoms with E-state index in [1.807, 2.05) is 0 Å². The number of carbonyl (C=O) groups is 1. The van der Waals surface area contributed by atoms with Crippen molar-refractivity contribution < 1.29 is 22.7 Å². The number of carbonyl (C=O) groups excluding carboxylic acids is 1. The van der Waals surface area contributed by atoms with Crippen LogP contribution in [0.1, 0.15) is 5.56 Å². The fourth-order valence-corrected chi connectivity index (χ4v) is 3.36. The molecule has 11 heteroatoms. The van der Waals surface area contributed by atoms with Crippen LogP contribution in [-0.4, -0.2) is 27.2 Å². The van der Waals surface area contributed by atoms with E-state index in [0.29, 0.717) is 11.4 Å². The number of fused-ring (bicyclic) bond motifs is 1. The molecule has 0 atom stereocenters. The van der Waals surface area contributed by atoms with Gasteiger partial charge in [0, 0.05) is 18.0 Å². The fourth-order valence-electron chi connectivity index (χ4n) is 3.20. The Labute approximate surface area is 190 Å². The Kier molecular flexibility index (Phi) is 5.86. The van der Waals surface area contributed by atoms with E-state index < -0.39 is 29.8 Å². The van der Waals surface area contributed by atoms with Crippen molar-refractivity contribution in [1.29, 1.82) is 0 Å². The van der Waals surface area contributed by atoms with Crippen LogP contribution >= 0.6 is 11.6 Å². The number of methoxy groups -OCH3 is 1. The first kappa shape index (κ1) is 22.4. The number of aromatic nitrogens is 3. The number of anilines is 1. The molecule has 1 amide bonds. The van der Waals surface area contributed by atoms with Gasteiger partial charge >= 0.3 is 6.18 Å². The lowest BCUT2D eigenvalue weighted by Gasteiger charge is -2.12. The quantitative estimate of drug-likeness (QED) is 0.460. The SMILES string of the molecule is COc1ccc(-c2cc3c(=O)n(CC(=O)Nc4cc(C(F)(F)F)ccc4Cl)ccn3n2)cc1. The van der Waals surface area contributed by atoms with Crippen molar-refractivity contribution in [2.24, 2.45) is 0 Å². The van der Waals surface area contributed by atoms with E-state index >= 15 is 0 Å². The molecule has 7 nitrogen and oxygen atoms in total. The summed E-state index contributed by atoms with van der Waals surface area (Å²) in [5.74, 6) is -0.0330. The average Bonchev–Trinajstić information content (AvgIpc) is 3.22. The van der Waals surface area contributed by atoms with Gasteiger partial charge in [-0.1, -0.05) is 11.6 Å². The maximum atomic E-state index is 12.9. The molecule has 2 aromatic heterocycles. The summed E-state index contributed by atoms with van der Waals surface area (Å²) in [6, 6.07) is 11.3. The molecule has 0 fully saturated rings. The number of halogens is 4. The van der Waals surface area contributed by atoms with E-state index in [1.165, 1.54) is 16.9 Å². The van der Waals surface area contributed by atoms with Crippen LogP contribution in [0.5, 0.6) is 5.75 Å². The van der Waals surface area contributed by atoms with Crippen LogP contribution < -0.4 is 15.6 Å². The second-order valence-corrected chi connectivity index (χ2v) is 7.47. The predicted molar refractivity (Wildman–Crippen MR) is 117 cm³/mol. The second kappa shape index (κ2) is 8.62. The van der Waals surface area contributed by atoms with E-state index in [0.717, 1.165) is 28.3 Å². The second-order valence-electron chi connectivity index (χ2n) is 7.06. The molecule has 4 rings (SSSR count). The number of nitrogens with one attached hydrogen (secondary N) is 1. The Bertz CT molecular complexity index is 1400. The van der Waals surface area contributed by atoms with E-state index in [4.69, 9.17) is 16.3 Å². The topological polar surface area (TPSA) is 77.6 Å². The summed E-state index contributed by atoms with van der Waals surface area (Å²) in [5.41, 5.74) is -0.0961. The molecule has 0 aliphatic carbocycles. The zero-order valence-corrected chi connectivity index (χ0v) is 17.8. The third-order valence-corrected chi connectivity index (χ3v) is 5.20. The van der Waals surface area contributed by atoms with Crippen molar-refractivity contribution in [3.8, 4) is 17.0 Å². The van der Waals surface area contributed by atoms with Crippen LogP contribution in [0.3, 0.4) is 0 Å². The molecule has 170 valence electrons. The molecule has 0 aliphatic rings. The zero-order chi connectivity index (χ0) is 23.8. The Balaban J connectivity index is 1.57. The van der Waals surface area contributed by atoms with Crippen molar-refractivity contribution >= 4 is 28.7 Å². The number of benzene rings is 2. The monoisotopic (exact) mass is 476 g/mol. The highest BCUT2D eigenvalue weighted by atomic mass is 35.5. The molecule has 4 aromatic rings. The maximum Gasteiger partial charge on any atom is 0.416 e. The van der Waals surface area contributed by atoms with Crippen molar-refractivity contribution in [3.05, 3.63) is 81.9 Å². The standard InChI is InChI=1S/C22H16ClF3N4O3/c1-33-15-5-2-13(3-6-15)17-11-19-21(32)29(8-9-30(19)28-17)12-20(31)27-18-10-14(22(24,25)26)4-7-16(18)23/h2-11H,12H2,1H3,(H,27,31). The van der Waals surface area contributed by atoms with Crippen molar-refractivity contribution in [3.63, 3.8) is 0 Å². The van der Waals surface area contributed by atoms with Gasteiger partial charge < -0.3 is 14.6 Å². The van der Waals surface area contributed by atoms with Gasteiger partial charge in [0.1, 0.15) is 17.8 Å². The zero-order valence-electron chi connectivity index (χ0n) is 17.1. The first-order valence-corrected chi connectivity index (χ1v) is 9.93. The van der Waals surface area contributed by atoms with Gasteiger partial charge in [0.05, 0.1) is 29.1 Å². The first-order chi connectivity index (χ1) is 15.7. The normalized spacial score (nSPS) is 11.5. The molecule has 2 aromatic carbocycles. The molecule has 0 unspecified atom stereocenters. The summed E-state index contributed by atoms with van der Waals surface area (Å²) in [6.07, 6.45) is -1.71. The molecular formula is C22H16ClF3N4O3. The van der Waals surface area contributed by atoms with Crippen LogP contribution in [0, 0.1) is 0 Å². The third-order valence-electron chi connectivity index (χ3n) is 4.87. The van der Waals surface area contributed by atoms with Crippen LogP contribution in [0.2, 0.25) is 5.02 Å². The lowest BCUT2D eigenvalue weighted by molar-refractivity contribution is -0.137. The van der Waals surface area contributed by atoms with Crippen LogP contribution in [0.25, 0.3) is 16.8 Å². The number of hydrogen-bond acceptors (Lipinski definition) is 4. The summed E-state index contributed by atoms with van der Waals surface area (Å²) in [7, 11) is 1.56. The third kappa shape index (κ3) is 4.70. The number of hydrogen-bond donors (Lipinski definition) is 1. The predicted octanol–water partition coefficient (Wildman–Crippen LogP) is 4.48. The molecule has 0 aliphatic heterocycles. The van der Waals surface area contributed by atoms with Crippen molar-refractivity contribution in [2.75, 3.05) is 12.4 Å². The van der Waals surface area contributed by atoms with Crippen LogP contribution in [0.15, 0.2) is 65.7 Å². The van der Waals surface area contributed by atoms with E-state index in [-0.39, 0.29) is 16.2 Å². The minimum absolute atomic E-state index is 0.0564. The number of rotatable bonds is 5. The van der Waals surface area contributed by atoms with Gasteiger partial charge in [-0.05, 0) is 48.5 Å². The molecule has 33 heavy (non-hydrogen) atoms. The highest BCUT2D eigenvalue weighted by Gasteiger charge is 2.31. The smallest absolute Gasteiger partial charge is 0.416 e. The summed E-state index contributed by atoms with van der Waals surface area (Å²) < 4.78 is 46.4. The minimum Gasteiger partial charge on any atom is -0.497 e. The van der Waals surface area contributed by atoms with E-state index in [9.17, 15) is 22.8 Å². The van der Waals surface area contributed by atoms with Crippen LogP contribution in [0.4, 0.5) is 18.9 Å². The lowest BCUT2D eigenvalue weighted by Crippen LogP contribution is -2.28. The number of ether oxygens (including phenoxy) is 1. The van der Waals surface area contributed by atoms with Gasteiger partial charge in [-0.15, -0.1) is 0 Å². The lowest BCUT2D eigenvalue weighted by atomic mass is 10.1. The van der Waals surface area contributed by atoms with Crippen molar-refractivity contribution in [2.45, 2.75) is 12.7 Å². The summed E-state index contributed by atoms with van der Waals surface area (Å²) in [6.45, 7) is -0.426. The summed E-state index contributed by atoms with van der Waals surface area (Å²) >= 11 is 5.91. The van der Waals surface area contributed by atoms with Crippen LogP contribution in [-0.2, 0) is 17.5 Å². The summed E-state index contributed by atoms with van der Waals surface area (Å²) in [4.78, 5) is 25.3. The highest BCUT2D eigenvalue weighted by molar-refractivity contribution is 6.33. The number of alkyl halides is 3. The minimum atomic E-state index is -4.59. The number of amides is 1. The Morgan fingerprint density at radius 2 is 1.85 bits per heavy atom. The highest BCUT2D eigenvalue weighted by Crippen LogP contribution is 2.33. The first-order valence-electron chi connectivity index (χ1n) is 9.55. The fraction of sp³-hybridized carbons (Fsp3) is 0.136. The maximum absolute atomic E-state index is 12.9. The Hall–Kier alpha value is -3.79. The van der Waals surface area contributed by atoms with Gasteiger partial charge in [-0.2, -0.15) is 18.3 Å². The molecule has 1 N–H and O–H groups in total. The van der Waals surface area contributed by atoms with Gasteiger partial charge in [-0.3, -0.25) is 9.59 Å².